The van der Waals surface area contributed by atoms with Gasteiger partial charge in [0, 0.05) is 6.54 Å². The summed E-state index contributed by atoms with van der Waals surface area (Å²) >= 11 is 0. The summed E-state index contributed by atoms with van der Waals surface area (Å²) in [4.78, 5) is 14.8. The van der Waals surface area contributed by atoms with Crippen molar-refractivity contribution in [2.75, 3.05) is 27.4 Å². The number of nitrogens with zero attached hydrogens (tertiary/aromatic N) is 1. The summed E-state index contributed by atoms with van der Waals surface area (Å²) < 4.78 is 16.6. The van der Waals surface area contributed by atoms with Crippen molar-refractivity contribution in [2.24, 2.45) is 0 Å². The Balaban J connectivity index is 1.63. The fourth-order valence-corrected chi connectivity index (χ4v) is 3.89. The molecule has 2 aromatic carbocycles. The fraction of sp³-hybridized carbons (Fsp3) is 0.435. The summed E-state index contributed by atoms with van der Waals surface area (Å²) in [6.45, 7) is 5.25. The number of carbonyl (C=O) groups is 1. The maximum Gasteiger partial charge on any atom is 0.226 e. The topological polar surface area (TPSA) is 48.0 Å². The zero-order valence-electron chi connectivity index (χ0n) is 17.2. The van der Waals surface area contributed by atoms with Crippen LogP contribution < -0.4 is 14.2 Å². The highest BCUT2D eigenvalue weighted by molar-refractivity contribution is 5.77. The van der Waals surface area contributed by atoms with Crippen LogP contribution in [0.5, 0.6) is 17.2 Å². The van der Waals surface area contributed by atoms with Crippen LogP contribution in [0.4, 0.5) is 0 Å². The first-order chi connectivity index (χ1) is 13.5. The lowest BCUT2D eigenvalue weighted by Gasteiger charge is -2.26. The Bertz CT molecular complexity index is 813. The van der Waals surface area contributed by atoms with Crippen molar-refractivity contribution in [3.8, 4) is 17.2 Å². The molecule has 2 aromatic rings. The highest BCUT2D eigenvalue weighted by Crippen LogP contribution is 2.37. The molecule has 1 aliphatic rings. The van der Waals surface area contributed by atoms with Gasteiger partial charge in [0.1, 0.15) is 5.75 Å². The van der Waals surface area contributed by atoms with E-state index < -0.39 is 0 Å². The maximum absolute atomic E-state index is 12.8. The van der Waals surface area contributed by atoms with Gasteiger partial charge in [-0.05, 0) is 67.6 Å². The maximum atomic E-state index is 12.8. The zero-order valence-corrected chi connectivity index (χ0v) is 17.2. The Hall–Kier alpha value is -2.69. The van der Waals surface area contributed by atoms with Crippen molar-refractivity contribution in [1.29, 1.82) is 0 Å². The molecular weight excluding hydrogens is 354 g/mol. The molecule has 1 saturated heterocycles. The summed E-state index contributed by atoms with van der Waals surface area (Å²) in [6.07, 6.45) is 2.33. The minimum atomic E-state index is 0.0773. The van der Waals surface area contributed by atoms with E-state index in [1.165, 1.54) is 0 Å². The number of rotatable bonds is 7. The first kappa shape index (κ1) is 20.1. The van der Waals surface area contributed by atoms with E-state index in [1.807, 2.05) is 49.1 Å². The van der Waals surface area contributed by atoms with Crippen molar-refractivity contribution in [2.45, 2.75) is 39.2 Å². The third-order valence-corrected chi connectivity index (χ3v) is 5.15. The molecular formula is C23H29NO4. The summed E-state index contributed by atoms with van der Waals surface area (Å²) in [5.74, 6) is 2.34. The van der Waals surface area contributed by atoms with Crippen LogP contribution in [0.2, 0.25) is 0 Å². The van der Waals surface area contributed by atoms with E-state index in [-0.39, 0.29) is 11.9 Å². The third-order valence-electron chi connectivity index (χ3n) is 5.15. The molecule has 1 aliphatic heterocycles. The van der Waals surface area contributed by atoms with E-state index in [0.717, 1.165) is 41.8 Å². The third kappa shape index (κ3) is 4.58. The summed E-state index contributed by atoms with van der Waals surface area (Å²) in [5, 5.41) is 0. The zero-order chi connectivity index (χ0) is 20.1. The molecule has 0 unspecified atom stereocenters. The molecule has 5 heteroatoms. The Morgan fingerprint density at radius 1 is 1.04 bits per heavy atom. The lowest BCUT2D eigenvalue weighted by molar-refractivity contribution is -0.132. The monoisotopic (exact) mass is 383 g/mol. The molecule has 0 saturated carbocycles. The molecule has 1 heterocycles. The van der Waals surface area contributed by atoms with E-state index in [1.54, 1.807) is 14.2 Å². The molecule has 0 spiro atoms. The van der Waals surface area contributed by atoms with E-state index in [4.69, 9.17) is 14.2 Å². The Labute approximate surface area is 167 Å². The van der Waals surface area contributed by atoms with Gasteiger partial charge >= 0.3 is 0 Å². The second-order valence-corrected chi connectivity index (χ2v) is 7.28. The first-order valence-corrected chi connectivity index (χ1v) is 9.74. The van der Waals surface area contributed by atoms with E-state index >= 15 is 0 Å². The van der Waals surface area contributed by atoms with E-state index in [9.17, 15) is 4.79 Å². The molecule has 0 aliphatic carbocycles. The SMILES string of the molecule is COc1ccc([C@@H]2CCCN2C(=O)CCOc2cc(C)cc(C)c2)cc1OC. The molecule has 1 amide bonds. The number of ether oxygens (including phenoxy) is 3. The van der Waals surface area contributed by atoms with Gasteiger partial charge in [-0.1, -0.05) is 12.1 Å². The van der Waals surface area contributed by atoms with Crippen molar-refractivity contribution in [3.63, 3.8) is 0 Å². The van der Waals surface area contributed by atoms with Gasteiger partial charge in [0.25, 0.3) is 0 Å². The molecule has 0 N–H and O–H groups in total. The van der Waals surface area contributed by atoms with Crippen LogP contribution in [-0.4, -0.2) is 38.2 Å². The van der Waals surface area contributed by atoms with Gasteiger partial charge in [-0.25, -0.2) is 0 Å². The van der Waals surface area contributed by atoms with Crippen LogP contribution in [0.15, 0.2) is 36.4 Å². The smallest absolute Gasteiger partial charge is 0.226 e. The van der Waals surface area contributed by atoms with Crippen molar-refractivity contribution in [1.82, 2.24) is 4.90 Å². The second-order valence-electron chi connectivity index (χ2n) is 7.28. The molecule has 1 atom stereocenters. The van der Waals surface area contributed by atoms with Crippen molar-refractivity contribution < 1.29 is 19.0 Å². The number of methoxy groups -OCH3 is 2. The fourth-order valence-electron chi connectivity index (χ4n) is 3.89. The second kappa shape index (κ2) is 9.00. The van der Waals surface area contributed by atoms with E-state index in [0.29, 0.717) is 24.5 Å². The molecule has 5 nitrogen and oxygen atoms in total. The normalized spacial score (nSPS) is 16.1. The molecule has 0 aromatic heterocycles. The standard InChI is InChI=1S/C23H29NO4/c1-16-12-17(2)14-19(13-16)28-11-9-23(25)24-10-5-6-20(24)18-7-8-21(26-3)22(15-18)27-4/h7-8,12-15,20H,5-6,9-11H2,1-4H3/t20-/m0/s1. The number of benzene rings is 2. The molecule has 0 bridgehead atoms. The van der Waals surface area contributed by atoms with Gasteiger partial charge in [-0.2, -0.15) is 0 Å². The van der Waals surface area contributed by atoms with Crippen LogP contribution in [0.25, 0.3) is 0 Å². The van der Waals surface area contributed by atoms with Gasteiger partial charge in [0.05, 0.1) is 33.3 Å². The number of likely N-dealkylation sites (tertiary alicyclic amines) is 1. The average Bonchev–Trinajstić information content (AvgIpc) is 3.16. The highest BCUT2D eigenvalue weighted by atomic mass is 16.5. The van der Waals surface area contributed by atoms with Gasteiger partial charge in [-0.3, -0.25) is 4.79 Å². The molecule has 3 rings (SSSR count). The largest absolute Gasteiger partial charge is 0.493 e. The summed E-state index contributed by atoms with van der Waals surface area (Å²) in [7, 11) is 3.25. The van der Waals surface area contributed by atoms with Crippen molar-refractivity contribution in [3.05, 3.63) is 53.1 Å². The predicted octanol–water partition coefficient (Wildman–Crippen LogP) is 4.45. The Morgan fingerprint density at radius 3 is 2.43 bits per heavy atom. The van der Waals surface area contributed by atoms with Crippen LogP contribution in [0.3, 0.4) is 0 Å². The highest BCUT2D eigenvalue weighted by Gasteiger charge is 2.30. The van der Waals surface area contributed by atoms with Gasteiger partial charge in [0.2, 0.25) is 5.91 Å². The molecule has 150 valence electrons. The van der Waals surface area contributed by atoms with Crippen LogP contribution in [-0.2, 0) is 4.79 Å². The van der Waals surface area contributed by atoms with Crippen LogP contribution in [0.1, 0.15) is 42.0 Å². The van der Waals surface area contributed by atoms with Crippen molar-refractivity contribution >= 4 is 5.91 Å². The summed E-state index contributed by atoms with van der Waals surface area (Å²) in [6, 6.07) is 12.1. The number of aryl methyl sites for hydroxylation is 2. The van der Waals surface area contributed by atoms with E-state index in [2.05, 4.69) is 6.07 Å². The Morgan fingerprint density at radius 2 is 1.75 bits per heavy atom. The minimum Gasteiger partial charge on any atom is -0.493 e. The Kier molecular flexibility index (Phi) is 6.45. The van der Waals surface area contributed by atoms with Gasteiger partial charge in [-0.15, -0.1) is 0 Å². The number of hydrogen-bond acceptors (Lipinski definition) is 4. The molecule has 0 radical (unpaired) electrons. The molecule has 1 fully saturated rings. The minimum absolute atomic E-state index is 0.0773. The number of hydrogen-bond donors (Lipinski definition) is 0. The lowest BCUT2D eigenvalue weighted by atomic mass is 10.0. The first-order valence-electron chi connectivity index (χ1n) is 9.74. The van der Waals surface area contributed by atoms with Crippen LogP contribution in [0, 0.1) is 13.8 Å². The molecule has 28 heavy (non-hydrogen) atoms. The predicted molar refractivity (Wildman–Crippen MR) is 109 cm³/mol. The van der Waals surface area contributed by atoms with Crippen LogP contribution >= 0.6 is 0 Å². The van der Waals surface area contributed by atoms with Gasteiger partial charge < -0.3 is 19.1 Å². The number of amides is 1. The number of carbonyl (C=O) groups excluding carboxylic acids is 1. The summed E-state index contributed by atoms with van der Waals surface area (Å²) in [5.41, 5.74) is 3.41. The van der Waals surface area contributed by atoms with Gasteiger partial charge in [0.15, 0.2) is 11.5 Å². The average molecular weight is 383 g/mol. The lowest BCUT2D eigenvalue weighted by Crippen LogP contribution is -2.31. The quantitative estimate of drug-likeness (QED) is 0.709.